The van der Waals surface area contributed by atoms with Gasteiger partial charge in [0.2, 0.25) is 0 Å². The van der Waals surface area contributed by atoms with Crippen LogP contribution < -0.4 is 5.32 Å². The van der Waals surface area contributed by atoms with Crippen molar-refractivity contribution in [2.45, 2.75) is 13.8 Å². The lowest BCUT2D eigenvalue weighted by molar-refractivity contribution is -0.112. The molecular formula is C17H15N3O. The minimum atomic E-state index is -0.439. The van der Waals surface area contributed by atoms with Gasteiger partial charge in [0.05, 0.1) is 11.9 Å². The number of hydrogen-bond donors (Lipinski definition) is 1. The summed E-state index contributed by atoms with van der Waals surface area (Å²) in [5.41, 5.74) is 3.65. The van der Waals surface area contributed by atoms with Crippen molar-refractivity contribution in [3.63, 3.8) is 0 Å². The molecule has 104 valence electrons. The smallest absolute Gasteiger partial charge is 0.266 e. The molecule has 0 radical (unpaired) electrons. The van der Waals surface area contributed by atoms with E-state index in [1.807, 2.05) is 38.1 Å². The molecule has 0 bridgehead atoms. The quantitative estimate of drug-likeness (QED) is 0.691. The highest BCUT2D eigenvalue weighted by Gasteiger charge is 2.10. The largest absolute Gasteiger partial charge is 0.320 e. The molecule has 1 aromatic carbocycles. The molecule has 0 aliphatic carbocycles. The van der Waals surface area contributed by atoms with Gasteiger partial charge in [-0.05, 0) is 43.2 Å². The first-order valence-electron chi connectivity index (χ1n) is 6.50. The molecule has 0 unspecified atom stereocenters. The fourth-order valence-electron chi connectivity index (χ4n) is 1.93. The second-order valence-electron chi connectivity index (χ2n) is 4.73. The van der Waals surface area contributed by atoms with Crippen molar-refractivity contribution >= 4 is 17.7 Å². The van der Waals surface area contributed by atoms with Gasteiger partial charge in [-0.25, -0.2) is 0 Å². The zero-order chi connectivity index (χ0) is 15.2. The highest BCUT2D eigenvalue weighted by atomic mass is 16.1. The van der Waals surface area contributed by atoms with E-state index in [2.05, 4.69) is 10.3 Å². The maximum Gasteiger partial charge on any atom is 0.266 e. The van der Waals surface area contributed by atoms with E-state index in [4.69, 9.17) is 0 Å². The van der Waals surface area contributed by atoms with Gasteiger partial charge in [0.25, 0.3) is 5.91 Å². The Morgan fingerprint density at radius 1 is 1.33 bits per heavy atom. The van der Waals surface area contributed by atoms with Gasteiger partial charge in [-0.2, -0.15) is 5.26 Å². The Morgan fingerprint density at radius 3 is 2.76 bits per heavy atom. The number of carbonyl (C=O) groups excluding carboxylic acids is 1. The van der Waals surface area contributed by atoms with E-state index in [1.54, 1.807) is 24.4 Å². The standard InChI is InChI=1S/C17H15N3O/c1-12-5-6-14(13(2)8-12)9-15(10-18)17(21)20-16-4-3-7-19-11-16/h3-9,11H,1-2H3,(H,20,21)/b15-9+. The second kappa shape index (κ2) is 6.49. The van der Waals surface area contributed by atoms with Crippen LogP contribution in [0.25, 0.3) is 6.08 Å². The fourth-order valence-corrected chi connectivity index (χ4v) is 1.93. The molecule has 1 N–H and O–H groups in total. The molecule has 0 saturated heterocycles. The summed E-state index contributed by atoms with van der Waals surface area (Å²) in [5.74, 6) is -0.439. The van der Waals surface area contributed by atoms with Crippen LogP contribution in [0.15, 0.2) is 48.3 Å². The average molecular weight is 277 g/mol. The molecule has 1 amide bonds. The Balaban J connectivity index is 2.25. The number of benzene rings is 1. The number of anilines is 1. The molecular weight excluding hydrogens is 262 g/mol. The highest BCUT2D eigenvalue weighted by molar-refractivity contribution is 6.09. The van der Waals surface area contributed by atoms with Crippen molar-refractivity contribution in [1.29, 1.82) is 5.26 Å². The van der Waals surface area contributed by atoms with Crippen LogP contribution in [0, 0.1) is 25.2 Å². The van der Waals surface area contributed by atoms with Crippen LogP contribution in [0.5, 0.6) is 0 Å². The molecule has 21 heavy (non-hydrogen) atoms. The lowest BCUT2D eigenvalue weighted by atomic mass is 10.0. The maximum atomic E-state index is 12.1. The van der Waals surface area contributed by atoms with Crippen molar-refractivity contribution in [2.24, 2.45) is 0 Å². The number of nitriles is 1. The van der Waals surface area contributed by atoms with Crippen LogP contribution in [-0.4, -0.2) is 10.9 Å². The molecule has 1 heterocycles. The third kappa shape index (κ3) is 3.77. The molecule has 1 aromatic heterocycles. The summed E-state index contributed by atoms with van der Waals surface area (Å²) < 4.78 is 0. The van der Waals surface area contributed by atoms with Gasteiger partial charge in [-0.15, -0.1) is 0 Å². The monoisotopic (exact) mass is 277 g/mol. The second-order valence-corrected chi connectivity index (χ2v) is 4.73. The highest BCUT2D eigenvalue weighted by Crippen LogP contribution is 2.15. The number of nitrogens with one attached hydrogen (secondary N) is 1. The number of hydrogen-bond acceptors (Lipinski definition) is 3. The summed E-state index contributed by atoms with van der Waals surface area (Å²) in [6, 6.07) is 11.2. The molecule has 0 aliphatic heterocycles. The van der Waals surface area contributed by atoms with Crippen LogP contribution in [0.4, 0.5) is 5.69 Å². The lowest BCUT2D eigenvalue weighted by Crippen LogP contribution is -2.13. The molecule has 0 aliphatic rings. The molecule has 4 heteroatoms. The predicted octanol–water partition coefficient (Wildman–Crippen LogP) is 3.24. The summed E-state index contributed by atoms with van der Waals surface area (Å²) >= 11 is 0. The average Bonchev–Trinajstić information content (AvgIpc) is 2.47. The maximum absolute atomic E-state index is 12.1. The van der Waals surface area contributed by atoms with Crippen LogP contribution in [0.3, 0.4) is 0 Å². The number of carbonyl (C=O) groups is 1. The van der Waals surface area contributed by atoms with E-state index in [1.165, 1.54) is 6.20 Å². The van der Waals surface area contributed by atoms with Gasteiger partial charge in [-0.1, -0.05) is 23.8 Å². The van der Waals surface area contributed by atoms with Gasteiger partial charge in [0.1, 0.15) is 11.6 Å². The molecule has 2 aromatic rings. The topological polar surface area (TPSA) is 65.8 Å². The van der Waals surface area contributed by atoms with Crippen molar-refractivity contribution in [3.8, 4) is 6.07 Å². The third-order valence-corrected chi connectivity index (χ3v) is 3.01. The molecule has 0 spiro atoms. The summed E-state index contributed by atoms with van der Waals surface area (Å²) in [5, 5.41) is 11.8. The minimum Gasteiger partial charge on any atom is -0.320 e. The SMILES string of the molecule is Cc1ccc(/C=C(\C#N)C(=O)Nc2cccnc2)c(C)c1. The molecule has 2 rings (SSSR count). The normalized spacial score (nSPS) is 10.8. The third-order valence-electron chi connectivity index (χ3n) is 3.01. The van der Waals surface area contributed by atoms with Gasteiger partial charge < -0.3 is 5.32 Å². The molecule has 0 saturated carbocycles. The van der Waals surface area contributed by atoms with E-state index in [0.29, 0.717) is 5.69 Å². The minimum absolute atomic E-state index is 0.0609. The number of amides is 1. The number of aryl methyl sites for hydroxylation is 2. The molecule has 0 fully saturated rings. The van der Waals surface area contributed by atoms with Gasteiger partial charge >= 0.3 is 0 Å². The van der Waals surface area contributed by atoms with Crippen molar-refractivity contribution < 1.29 is 4.79 Å². The van der Waals surface area contributed by atoms with Gasteiger partial charge in [0.15, 0.2) is 0 Å². The lowest BCUT2D eigenvalue weighted by Gasteiger charge is -2.05. The number of pyridine rings is 1. The van der Waals surface area contributed by atoms with Crippen molar-refractivity contribution in [2.75, 3.05) is 5.32 Å². The first-order chi connectivity index (χ1) is 10.1. The Labute approximate surface area is 123 Å². The zero-order valence-electron chi connectivity index (χ0n) is 11.9. The summed E-state index contributed by atoms with van der Waals surface area (Å²) in [4.78, 5) is 16.0. The van der Waals surface area contributed by atoms with Gasteiger partial charge in [0, 0.05) is 6.20 Å². The van der Waals surface area contributed by atoms with E-state index >= 15 is 0 Å². The van der Waals surface area contributed by atoms with E-state index < -0.39 is 5.91 Å². The van der Waals surface area contributed by atoms with Crippen LogP contribution in [0.2, 0.25) is 0 Å². The Kier molecular flexibility index (Phi) is 4.47. The first kappa shape index (κ1) is 14.5. The number of aromatic nitrogens is 1. The predicted molar refractivity (Wildman–Crippen MR) is 82.4 cm³/mol. The first-order valence-corrected chi connectivity index (χ1v) is 6.50. The van der Waals surface area contributed by atoms with Crippen LogP contribution in [0.1, 0.15) is 16.7 Å². The summed E-state index contributed by atoms with van der Waals surface area (Å²) in [6.07, 6.45) is 4.75. The summed E-state index contributed by atoms with van der Waals surface area (Å²) in [6.45, 7) is 3.95. The molecule has 0 atom stereocenters. The van der Waals surface area contributed by atoms with E-state index in [-0.39, 0.29) is 5.57 Å². The Bertz CT molecular complexity index is 727. The van der Waals surface area contributed by atoms with E-state index in [0.717, 1.165) is 16.7 Å². The Morgan fingerprint density at radius 2 is 2.14 bits per heavy atom. The number of rotatable bonds is 3. The van der Waals surface area contributed by atoms with Crippen LogP contribution in [-0.2, 0) is 4.79 Å². The van der Waals surface area contributed by atoms with Crippen molar-refractivity contribution in [1.82, 2.24) is 4.98 Å². The fraction of sp³-hybridized carbons (Fsp3) is 0.118. The van der Waals surface area contributed by atoms with E-state index in [9.17, 15) is 10.1 Å². The summed E-state index contributed by atoms with van der Waals surface area (Å²) in [7, 11) is 0. The van der Waals surface area contributed by atoms with Gasteiger partial charge in [-0.3, -0.25) is 9.78 Å². The van der Waals surface area contributed by atoms with Crippen LogP contribution >= 0.6 is 0 Å². The van der Waals surface area contributed by atoms with Crippen molar-refractivity contribution in [3.05, 3.63) is 65.0 Å². The number of nitrogens with zero attached hydrogens (tertiary/aromatic N) is 2. The zero-order valence-corrected chi connectivity index (χ0v) is 11.9. The Hall–Kier alpha value is -2.93. The molecule has 4 nitrogen and oxygen atoms in total.